The average molecular weight is 335 g/mol. The van der Waals surface area contributed by atoms with E-state index in [0.717, 1.165) is 44.0 Å². The molecule has 1 fully saturated rings. The molecule has 1 saturated heterocycles. The molecule has 1 unspecified atom stereocenters. The molecule has 0 aromatic heterocycles. The van der Waals surface area contributed by atoms with Crippen LogP contribution in [0.1, 0.15) is 5.56 Å². The van der Waals surface area contributed by atoms with Crippen molar-refractivity contribution in [2.24, 2.45) is 5.92 Å². The highest BCUT2D eigenvalue weighted by Gasteiger charge is 2.27. The standard InChI is InChI=1S/C18H29N3O3/c1-19(2)18(23)16-13-20(3)7-8-21(14-16)12-15-5-4-6-17(11-15)24-10-9-22/h4-6,11,16,22H,7-10,12-14H2,1-3H3. The molecule has 2 rings (SSSR count). The summed E-state index contributed by atoms with van der Waals surface area (Å²) in [6, 6.07) is 7.94. The summed E-state index contributed by atoms with van der Waals surface area (Å²) in [5.41, 5.74) is 1.16. The van der Waals surface area contributed by atoms with Gasteiger partial charge in [0.15, 0.2) is 0 Å². The van der Waals surface area contributed by atoms with Crippen LogP contribution in [0.5, 0.6) is 5.75 Å². The number of carbonyl (C=O) groups is 1. The predicted octanol–water partition coefficient (Wildman–Crippen LogP) is 0.510. The summed E-state index contributed by atoms with van der Waals surface area (Å²) in [4.78, 5) is 18.6. The number of amides is 1. The van der Waals surface area contributed by atoms with Gasteiger partial charge in [0.25, 0.3) is 0 Å². The minimum absolute atomic E-state index is 0.00122. The van der Waals surface area contributed by atoms with Crippen LogP contribution in [0.3, 0.4) is 0 Å². The molecule has 1 aliphatic heterocycles. The van der Waals surface area contributed by atoms with Crippen LogP contribution in [0.4, 0.5) is 0 Å². The Morgan fingerprint density at radius 1 is 1.33 bits per heavy atom. The third-order valence-electron chi connectivity index (χ3n) is 4.26. The van der Waals surface area contributed by atoms with Crippen molar-refractivity contribution in [1.29, 1.82) is 0 Å². The Balaban J connectivity index is 2.03. The van der Waals surface area contributed by atoms with E-state index in [1.807, 2.05) is 32.3 Å². The predicted molar refractivity (Wildman–Crippen MR) is 94.0 cm³/mol. The van der Waals surface area contributed by atoms with E-state index in [1.165, 1.54) is 0 Å². The first kappa shape index (κ1) is 18.7. The van der Waals surface area contributed by atoms with E-state index in [4.69, 9.17) is 9.84 Å². The minimum Gasteiger partial charge on any atom is -0.491 e. The van der Waals surface area contributed by atoms with Crippen molar-refractivity contribution >= 4 is 5.91 Å². The zero-order valence-corrected chi connectivity index (χ0v) is 14.9. The average Bonchev–Trinajstić information content (AvgIpc) is 2.74. The lowest BCUT2D eigenvalue weighted by Crippen LogP contribution is -2.40. The van der Waals surface area contributed by atoms with Gasteiger partial charge in [0.2, 0.25) is 5.91 Å². The second-order valence-electron chi connectivity index (χ2n) is 6.65. The Labute approximate surface area is 144 Å². The summed E-state index contributed by atoms with van der Waals surface area (Å²) in [5.74, 6) is 0.963. The normalized spacial score (nSPS) is 19.8. The summed E-state index contributed by atoms with van der Waals surface area (Å²) in [6.07, 6.45) is 0. The number of carbonyl (C=O) groups excluding carboxylic acids is 1. The van der Waals surface area contributed by atoms with Crippen LogP contribution in [0.25, 0.3) is 0 Å². The van der Waals surface area contributed by atoms with E-state index in [2.05, 4.69) is 22.9 Å². The summed E-state index contributed by atoms with van der Waals surface area (Å²) in [5, 5.41) is 8.87. The van der Waals surface area contributed by atoms with Crippen LogP contribution in [0, 0.1) is 5.92 Å². The molecular weight excluding hydrogens is 306 g/mol. The Morgan fingerprint density at radius 2 is 2.12 bits per heavy atom. The second-order valence-corrected chi connectivity index (χ2v) is 6.65. The first-order chi connectivity index (χ1) is 11.5. The van der Waals surface area contributed by atoms with E-state index in [9.17, 15) is 4.79 Å². The molecule has 1 aliphatic rings. The van der Waals surface area contributed by atoms with Crippen molar-refractivity contribution in [1.82, 2.24) is 14.7 Å². The third-order valence-corrected chi connectivity index (χ3v) is 4.26. The van der Waals surface area contributed by atoms with Crippen LogP contribution in [-0.2, 0) is 11.3 Å². The maximum atomic E-state index is 12.4. The summed E-state index contributed by atoms with van der Waals surface area (Å²) >= 11 is 0. The molecule has 0 radical (unpaired) electrons. The van der Waals surface area contributed by atoms with Gasteiger partial charge < -0.3 is 19.6 Å². The van der Waals surface area contributed by atoms with Gasteiger partial charge in [-0.2, -0.15) is 0 Å². The smallest absolute Gasteiger partial charge is 0.227 e. The number of hydrogen-bond acceptors (Lipinski definition) is 5. The van der Waals surface area contributed by atoms with Crippen molar-refractivity contribution in [2.45, 2.75) is 6.54 Å². The van der Waals surface area contributed by atoms with Crippen LogP contribution in [-0.4, -0.2) is 86.2 Å². The van der Waals surface area contributed by atoms with Gasteiger partial charge in [-0.3, -0.25) is 9.69 Å². The monoisotopic (exact) mass is 335 g/mol. The zero-order chi connectivity index (χ0) is 17.5. The first-order valence-corrected chi connectivity index (χ1v) is 8.44. The fourth-order valence-corrected chi connectivity index (χ4v) is 3.06. The number of likely N-dealkylation sites (N-methyl/N-ethyl adjacent to an activating group) is 1. The Kier molecular flexibility index (Phi) is 7.02. The molecule has 0 aliphatic carbocycles. The van der Waals surface area contributed by atoms with Gasteiger partial charge in [0.05, 0.1) is 12.5 Å². The van der Waals surface area contributed by atoms with Crippen LogP contribution in [0.2, 0.25) is 0 Å². The molecule has 0 saturated carbocycles. The van der Waals surface area contributed by atoms with Crippen LogP contribution in [0.15, 0.2) is 24.3 Å². The van der Waals surface area contributed by atoms with Gasteiger partial charge in [-0.05, 0) is 24.7 Å². The molecule has 0 bridgehead atoms. The molecule has 24 heavy (non-hydrogen) atoms. The number of rotatable bonds is 6. The number of aliphatic hydroxyl groups is 1. The largest absolute Gasteiger partial charge is 0.491 e. The molecule has 1 atom stereocenters. The van der Waals surface area contributed by atoms with E-state index in [-0.39, 0.29) is 18.4 Å². The lowest BCUT2D eigenvalue weighted by molar-refractivity contribution is -0.133. The van der Waals surface area contributed by atoms with Gasteiger partial charge in [-0.15, -0.1) is 0 Å². The van der Waals surface area contributed by atoms with Crippen molar-refractivity contribution in [3.8, 4) is 5.75 Å². The lowest BCUT2D eigenvalue weighted by atomic mass is 10.1. The van der Waals surface area contributed by atoms with Gasteiger partial charge >= 0.3 is 0 Å². The molecule has 1 heterocycles. The molecule has 0 spiro atoms. The SMILES string of the molecule is CN1CCN(Cc2cccc(OCCO)c2)CC(C(=O)N(C)C)C1. The fraction of sp³-hybridized carbons (Fsp3) is 0.611. The van der Waals surface area contributed by atoms with Gasteiger partial charge in [0, 0.05) is 46.8 Å². The number of benzene rings is 1. The van der Waals surface area contributed by atoms with Crippen molar-refractivity contribution < 1.29 is 14.6 Å². The minimum atomic E-state index is 0.00122. The number of aliphatic hydroxyl groups excluding tert-OH is 1. The zero-order valence-electron chi connectivity index (χ0n) is 14.9. The Bertz CT molecular complexity index is 536. The molecule has 6 heteroatoms. The van der Waals surface area contributed by atoms with Crippen molar-refractivity contribution in [3.05, 3.63) is 29.8 Å². The Morgan fingerprint density at radius 3 is 2.83 bits per heavy atom. The van der Waals surface area contributed by atoms with E-state index in [1.54, 1.807) is 4.90 Å². The summed E-state index contributed by atoms with van der Waals surface area (Å²) in [6.45, 7) is 4.57. The fourth-order valence-electron chi connectivity index (χ4n) is 3.06. The molecule has 1 aromatic rings. The number of hydrogen-bond donors (Lipinski definition) is 1. The highest BCUT2D eigenvalue weighted by Crippen LogP contribution is 2.17. The molecular formula is C18H29N3O3. The van der Waals surface area contributed by atoms with E-state index in [0.29, 0.717) is 6.61 Å². The number of nitrogens with zero attached hydrogens (tertiary/aromatic N) is 3. The van der Waals surface area contributed by atoms with Gasteiger partial charge in [-0.1, -0.05) is 12.1 Å². The Hall–Kier alpha value is -1.63. The van der Waals surface area contributed by atoms with Gasteiger partial charge in [-0.25, -0.2) is 0 Å². The van der Waals surface area contributed by atoms with E-state index < -0.39 is 0 Å². The topological polar surface area (TPSA) is 56.2 Å². The second kappa shape index (κ2) is 9.01. The maximum Gasteiger partial charge on any atom is 0.227 e. The van der Waals surface area contributed by atoms with Crippen LogP contribution >= 0.6 is 0 Å². The van der Waals surface area contributed by atoms with Crippen molar-refractivity contribution in [2.75, 3.05) is 60.5 Å². The summed E-state index contributed by atoms with van der Waals surface area (Å²) < 4.78 is 5.48. The molecule has 1 aromatic carbocycles. The highest BCUT2D eigenvalue weighted by molar-refractivity contribution is 5.78. The van der Waals surface area contributed by atoms with Crippen molar-refractivity contribution in [3.63, 3.8) is 0 Å². The first-order valence-electron chi connectivity index (χ1n) is 8.44. The van der Waals surface area contributed by atoms with Crippen LogP contribution < -0.4 is 4.74 Å². The van der Waals surface area contributed by atoms with E-state index >= 15 is 0 Å². The molecule has 6 nitrogen and oxygen atoms in total. The van der Waals surface area contributed by atoms with Gasteiger partial charge in [0.1, 0.15) is 12.4 Å². The molecule has 1 amide bonds. The molecule has 1 N–H and O–H groups in total. The number of ether oxygens (including phenoxy) is 1. The molecule has 134 valence electrons. The lowest BCUT2D eigenvalue weighted by Gasteiger charge is -2.25. The third kappa shape index (κ3) is 5.47. The summed E-state index contributed by atoms with van der Waals surface area (Å²) in [7, 11) is 5.71. The quantitative estimate of drug-likeness (QED) is 0.821. The maximum absolute atomic E-state index is 12.4. The highest BCUT2D eigenvalue weighted by atomic mass is 16.5.